The molecule has 1 aromatic carbocycles. The minimum Gasteiger partial charge on any atom is -0.0917 e. The quantitative estimate of drug-likeness (QED) is 0.389. The van der Waals surface area contributed by atoms with Crippen LogP contribution < -0.4 is 5.19 Å². The lowest BCUT2D eigenvalue weighted by molar-refractivity contribution is 0.804. The van der Waals surface area contributed by atoms with Crippen molar-refractivity contribution < 1.29 is 0 Å². The van der Waals surface area contributed by atoms with E-state index in [0.717, 1.165) is 0 Å². The van der Waals surface area contributed by atoms with E-state index in [9.17, 15) is 0 Å². The van der Waals surface area contributed by atoms with Gasteiger partial charge in [0.25, 0.3) is 0 Å². The summed E-state index contributed by atoms with van der Waals surface area (Å²) in [5.74, 6) is 0. The summed E-state index contributed by atoms with van der Waals surface area (Å²) >= 11 is 0. The van der Waals surface area contributed by atoms with E-state index in [2.05, 4.69) is 62.5 Å². The molecule has 0 aliphatic rings. The van der Waals surface area contributed by atoms with Crippen LogP contribution in [-0.4, -0.2) is 8.07 Å². The van der Waals surface area contributed by atoms with Gasteiger partial charge in [-0.3, -0.25) is 0 Å². The number of rotatable bonds is 6. The van der Waals surface area contributed by atoms with Crippen molar-refractivity contribution in [2.45, 2.75) is 45.3 Å². The Labute approximate surface area is 101 Å². The van der Waals surface area contributed by atoms with E-state index in [-0.39, 0.29) is 0 Å². The lowest BCUT2D eigenvalue weighted by atomic mass is 10.2. The highest BCUT2D eigenvalue weighted by Gasteiger charge is 2.21. The average molecular weight is 232 g/mol. The smallest absolute Gasteiger partial charge is 0.0806 e. The Hall–Kier alpha value is -0.823. The lowest BCUT2D eigenvalue weighted by Crippen LogP contribution is -2.40. The first kappa shape index (κ1) is 13.2. The van der Waals surface area contributed by atoms with Crippen molar-refractivity contribution in [3.8, 4) is 0 Å². The molecule has 1 heteroatoms. The van der Waals surface area contributed by atoms with Crippen LogP contribution in [0.5, 0.6) is 0 Å². The van der Waals surface area contributed by atoms with Crippen molar-refractivity contribution in [2.75, 3.05) is 0 Å². The number of hydrogen-bond acceptors (Lipinski definition) is 0. The van der Waals surface area contributed by atoms with E-state index in [1.807, 2.05) is 0 Å². The zero-order valence-electron chi connectivity index (χ0n) is 10.9. The third-order valence-electron chi connectivity index (χ3n) is 3.21. The fraction of sp³-hybridized carbons (Fsp3) is 0.467. The van der Waals surface area contributed by atoms with E-state index < -0.39 is 8.07 Å². The minimum absolute atomic E-state index is 1.16. The van der Waals surface area contributed by atoms with Gasteiger partial charge in [0, 0.05) is 0 Å². The number of unbranched alkanes of at least 4 members (excludes halogenated alkanes) is 2. The number of benzene rings is 1. The topological polar surface area (TPSA) is 0 Å². The van der Waals surface area contributed by atoms with Crippen LogP contribution in [0.25, 0.3) is 0 Å². The molecule has 0 spiro atoms. The molecule has 0 N–H and O–H groups in total. The van der Waals surface area contributed by atoms with Gasteiger partial charge in [-0.2, -0.15) is 0 Å². The van der Waals surface area contributed by atoms with Crippen molar-refractivity contribution in [1.29, 1.82) is 0 Å². The molecular formula is C15H24Si. The van der Waals surface area contributed by atoms with E-state index in [1.165, 1.54) is 25.3 Å². The highest BCUT2D eigenvalue weighted by molar-refractivity contribution is 6.89. The third kappa shape index (κ3) is 4.36. The van der Waals surface area contributed by atoms with Crippen molar-refractivity contribution >= 4 is 13.3 Å². The van der Waals surface area contributed by atoms with Crippen LogP contribution in [0.2, 0.25) is 19.1 Å². The Morgan fingerprint density at radius 2 is 1.75 bits per heavy atom. The van der Waals surface area contributed by atoms with Gasteiger partial charge in [-0.1, -0.05) is 79.7 Å². The Bertz CT molecular complexity index is 311. The van der Waals surface area contributed by atoms with Gasteiger partial charge < -0.3 is 0 Å². The van der Waals surface area contributed by atoms with Gasteiger partial charge in [0.15, 0.2) is 0 Å². The molecule has 0 saturated heterocycles. The van der Waals surface area contributed by atoms with E-state index in [1.54, 1.807) is 5.19 Å². The average Bonchev–Trinajstić information content (AvgIpc) is 2.30. The molecule has 0 aliphatic carbocycles. The van der Waals surface area contributed by atoms with Gasteiger partial charge in [0.2, 0.25) is 0 Å². The van der Waals surface area contributed by atoms with Crippen LogP contribution in [0.4, 0.5) is 0 Å². The summed E-state index contributed by atoms with van der Waals surface area (Å²) in [6.45, 7) is 7.07. The first-order chi connectivity index (χ1) is 7.67. The Morgan fingerprint density at radius 3 is 2.38 bits per heavy atom. The third-order valence-corrected chi connectivity index (χ3v) is 6.71. The number of hydrogen-bond donors (Lipinski definition) is 0. The fourth-order valence-corrected chi connectivity index (χ4v) is 4.55. The summed E-state index contributed by atoms with van der Waals surface area (Å²) in [6, 6.07) is 12.5. The van der Waals surface area contributed by atoms with Crippen LogP contribution in [0.15, 0.2) is 42.5 Å². The maximum atomic E-state index is 2.48. The van der Waals surface area contributed by atoms with Crippen LogP contribution in [0.3, 0.4) is 0 Å². The van der Waals surface area contributed by atoms with Crippen molar-refractivity contribution in [1.82, 2.24) is 0 Å². The molecule has 0 aromatic heterocycles. The summed E-state index contributed by atoms with van der Waals surface area (Å²) in [6.07, 6.45) is 8.39. The predicted molar refractivity (Wildman–Crippen MR) is 77.0 cm³/mol. The largest absolute Gasteiger partial charge is 0.0917 e. The molecule has 0 bridgehead atoms. The minimum atomic E-state index is -1.16. The standard InChI is InChI=1S/C15H24Si/c1-4-5-6-7-11-14-16(2,3)15-12-9-8-10-13-15/h4-5,8-10,12-13H,6-7,11,14H2,1-3H3/b5-4+. The monoisotopic (exact) mass is 232 g/mol. The molecule has 1 rings (SSSR count). The van der Waals surface area contributed by atoms with Crippen LogP contribution >= 0.6 is 0 Å². The molecule has 0 atom stereocenters. The maximum Gasteiger partial charge on any atom is 0.0806 e. The molecule has 0 fully saturated rings. The van der Waals surface area contributed by atoms with Gasteiger partial charge in [0.05, 0.1) is 8.07 Å². The van der Waals surface area contributed by atoms with E-state index in [4.69, 9.17) is 0 Å². The zero-order valence-corrected chi connectivity index (χ0v) is 11.9. The molecule has 0 nitrogen and oxygen atoms in total. The predicted octanol–water partition coefficient (Wildman–Crippen LogP) is 4.35. The van der Waals surface area contributed by atoms with E-state index in [0.29, 0.717) is 0 Å². The Kier molecular flexibility index (Phi) is 5.54. The van der Waals surface area contributed by atoms with Crippen molar-refractivity contribution in [3.05, 3.63) is 42.5 Å². The summed E-state index contributed by atoms with van der Waals surface area (Å²) < 4.78 is 0. The molecule has 0 unspecified atom stereocenters. The fourth-order valence-electron chi connectivity index (χ4n) is 2.03. The Balaban J connectivity index is 2.40. The van der Waals surface area contributed by atoms with Crippen LogP contribution in [-0.2, 0) is 0 Å². The van der Waals surface area contributed by atoms with Gasteiger partial charge in [-0.15, -0.1) is 0 Å². The second-order valence-corrected chi connectivity index (χ2v) is 9.91. The normalized spacial score (nSPS) is 12.2. The number of allylic oxidation sites excluding steroid dienone is 2. The van der Waals surface area contributed by atoms with Crippen LogP contribution in [0.1, 0.15) is 26.2 Å². The molecule has 88 valence electrons. The van der Waals surface area contributed by atoms with Gasteiger partial charge in [0.1, 0.15) is 0 Å². The first-order valence-electron chi connectivity index (χ1n) is 6.33. The highest BCUT2D eigenvalue weighted by Crippen LogP contribution is 2.15. The molecule has 0 heterocycles. The molecule has 0 saturated carbocycles. The van der Waals surface area contributed by atoms with Crippen molar-refractivity contribution in [2.24, 2.45) is 0 Å². The van der Waals surface area contributed by atoms with Gasteiger partial charge >= 0.3 is 0 Å². The second-order valence-electron chi connectivity index (χ2n) is 5.06. The molecule has 16 heavy (non-hydrogen) atoms. The molecule has 0 aliphatic heterocycles. The second kappa shape index (κ2) is 6.69. The molecular weight excluding hydrogens is 208 g/mol. The van der Waals surface area contributed by atoms with Gasteiger partial charge in [-0.05, 0) is 13.3 Å². The summed E-state index contributed by atoms with van der Waals surface area (Å²) in [5.41, 5.74) is 0. The first-order valence-corrected chi connectivity index (χ1v) is 9.54. The maximum absolute atomic E-state index is 2.48. The Morgan fingerprint density at radius 1 is 1.06 bits per heavy atom. The SMILES string of the molecule is C/C=C/CCCC[Si](C)(C)c1ccccc1. The highest BCUT2D eigenvalue weighted by atomic mass is 28.3. The van der Waals surface area contributed by atoms with E-state index >= 15 is 0 Å². The molecule has 1 aromatic rings. The van der Waals surface area contributed by atoms with Gasteiger partial charge in [-0.25, -0.2) is 0 Å². The molecule has 0 amide bonds. The molecule has 0 radical (unpaired) electrons. The summed E-state index contributed by atoms with van der Waals surface area (Å²) in [5, 5.41) is 1.60. The zero-order chi connectivity index (χ0) is 11.9. The summed E-state index contributed by atoms with van der Waals surface area (Å²) in [7, 11) is -1.16. The van der Waals surface area contributed by atoms with Crippen LogP contribution in [0, 0.1) is 0 Å². The lowest BCUT2D eigenvalue weighted by Gasteiger charge is -2.22. The van der Waals surface area contributed by atoms with Crippen molar-refractivity contribution in [3.63, 3.8) is 0 Å². The summed E-state index contributed by atoms with van der Waals surface area (Å²) in [4.78, 5) is 0.